The Hall–Kier alpha value is -0.0151. The second-order valence-electron chi connectivity index (χ2n) is 2.33. The molecule has 0 aromatic carbocycles. The largest absolute Gasteiger partial charge is 0.358 e. The van der Waals surface area contributed by atoms with Crippen LogP contribution in [0.3, 0.4) is 0 Å². The van der Waals surface area contributed by atoms with Crippen LogP contribution in [-0.2, 0) is 0 Å². The van der Waals surface area contributed by atoms with E-state index in [9.17, 15) is 0 Å². The van der Waals surface area contributed by atoms with Gasteiger partial charge in [0.25, 0.3) is 0 Å². The molecule has 1 fully saturated rings. The molecule has 0 aromatic heterocycles. The molecule has 3 heteroatoms. The van der Waals surface area contributed by atoms with Crippen molar-refractivity contribution in [2.45, 2.75) is 18.9 Å². The van der Waals surface area contributed by atoms with E-state index in [-0.39, 0.29) is 0 Å². The van der Waals surface area contributed by atoms with Gasteiger partial charge in [-0.3, -0.25) is 0 Å². The molecular weight excluding hydrogens is 98.9 g/mol. The Morgan fingerprint density at radius 1 is 1.62 bits per heavy atom. The van der Waals surface area contributed by atoms with E-state index < -0.39 is 0 Å². The minimum atomic E-state index is 0.726. The van der Waals surface area contributed by atoms with Gasteiger partial charge < -0.3 is 10.5 Å². The van der Waals surface area contributed by atoms with Crippen molar-refractivity contribution < 1.29 is 0 Å². The Morgan fingerprint density at radius 2 is 2.50 bits per heavy atom. The first-order valence-electron chi connectivity index (χ1n) is 3.31. The van der Waals surface area contributed by atoms with Crippen LogP contribution in [0, 0.1) is 0 Å². The van der Waals surface area contributed by atoms with E-state index in [4.69, 9.17) is 0 Å². The molecule has 0 bridgehead atoms. The van der Waals surface area contributed by atoms with E-state index >= 15 is 0 Å². The first-order chi connectivity index (χ1) is 3.93. The zero-order valence-electron chi connectivity index (χ0n) is 5.41. The van der Waals surface area contributed by atoms with Crippen LogP contribution in [0.1, 0.15) is 12.8 Å². The van der Waals surface area contributed by atoms with E-state index in [0.29, 0.717) is 0 Å². The minimum Gasteiger partial charge on any atom is -0.358 e. The summed E-state index contributed by atoms with van der Waals surface area (Å²) in [7, 11) is 2.03. The van der Waals surface area contributed by atoms with Crippen molar-refractivity contribution in [3.05, 3.63) is 0 Å². The van der Waals surface area contributed by atoms with Crippen LogP contribution in [0.15, 0.2) is 0 Å². The molecule has 0 aromatic rings. The van der Waals surface area contributed by atoms with Gasteiger partial charge in [-0.1, -0.05) is 0 Å². The van der Waals surface area contributed by atoms with Gasteiger partial charge in [-0.2, -0.15) is 0 Å². The van der Waals surface area contributed by atoms with Crippen LogP contribution in [0.5, 0.6) is 0 Å². The highest BCUT2D eigenvalue weighted by Crippen LogP contribution is 1.98. The van der Waals surface area contributed by atoms with E-state index in [1.807, 2.05) is 7.98 Å². The first kappa shape index (κ1) is 6.11. The van der Waals surface area contributed by atoms with Crippen molar-refractivity contribution in [2.75, 3.05) is 13.1 Å². The molecule has 0 radical (unpaired) electrons. The summed E-state index contributed by atoms with van der Waals surface area (Å²) in [6, 6.07) is 0.726. The van der Waals surface area contributed by atoms with Gasteiger partial charge in [-0.05, 0) is 19.4 Å². The van der Waals surface area contributed by atoms with Crippen molar-refractivity contribution >= 4 is 7.98 Å². The summed E-state index contributed by atoms with van der Waals surface area (Å²) in [5.74, 6) is 0. The van der Waals surface area contributed by atoms with E-state index in [0.717, 1.165) is 12.6 Å². The Labute approximate surface area is 51.5 Å². The smallest absolute Gasteiger partial charge is 0.182 e. The SMILES string of the molecule is BN[C@@H]1CCCNC1. The zero-order valence-corrected chi connectivity index (χ0v) is 5.41. The van der Waals surface area contributed by atoms with Crippen LogP contribution in [0.2, 0.25) is 0 Å². The summed E-state index contributed by atoms with van der Waals surface area (Å²) < 4.78 is 0. The molecule has 1 saturated heterocycles. The Balaban J connectivity index is 2.13. The fourth-order valence-corrected chi connectivity index (χ4v) is 1.10. The second-order valence-corrected chi connectivity index (χ2v) is 2.33. The van der Waals surface area contributed by atoms with E-state index in [2.05, 4.69) is 10.5 Å². The predicted octanol–water partition coefficient (Wildman–Crippen LogP) is -1.12. The highest BCUT2D eigenvalue weighted by molar-refractivity contribution is 6.04. The first-order valence-corrected chi connectivity index (χ1v) is 3.31. The van der Waals surface area contributed by atoms with E-state index in [1.165, 1.54) is 19.4 Å². The topological polar surface area (TPSA) is 24.1 Å². The normalized spacial score (nSPS) is 30.2. The van der Waals surface area contributed by atoms with Crippen molar-refractivity contribution in [3.8, 4) is 0 Å². The van der Waals surface area contributed by atoms with Gasteiger partial charge in [0.05, 0.1) is 0 Å². The van der Waals surface area contributed by atoms with E-state index in [1.54, 1.807) is 0 Å². The lowest BCUT2D eigenvalue weighted by atomic mass is 10.1. The van der Waals surface area contributed by atoms with Gasteiger partial charge in [0.2, 0.25) is 0 Å². The number of hydrogen-bond acceptors (Lipinski definition) is 2. The molecule has 2 nitrogen and oxygen atoms in total. The standard InChI is InChI=1S/C5H13BN2/c6-8-5-2-1-3-7-4-5/h5,7-8H,1-4,6H2/t5-/m1/s1. The Morgan fingerprint density at radius 3 is 2.88 bits per heavy atom. The minimum absolute atomic E-state index is 0.726. The van der Waals surface area contributed by atoms with Crippen molar-refractivity contribution in [3.63, 3.8) is 0 Å². The lowest BCUT2D eigenvalue weighted by Gasteiger charge is -2.21. The van der Waals surface area contributed by atoms with Gasteiger partial charge in [0.15, 0.2) is 7.98 Å². The van der Waals surface area contributed by atoms with Crippen molar-refractivity contribution in [1.29, 1.82) is 0 Å². The highest BCUT2D eigenvalue weighted by atomic mass is 14.9. The number of piperidine rings is 1. The molecule has 1 aliphatic heterocycles. The predicted molar refractivity (Wildman–Crippen MR) is 37.6 cm³/mol. The molecule has 0 amide bonds. The summed E-state index contributed by atoms with van der Waals surface area (Å²) in [6.45, 7) is 2.36. The third-order valence-electron chi connectivity index (χ3n) is 1.71. The summed E-state index contributed by atoms with van der Waals surface area (Å²) in [4.78, 5) is 0. The lowest BCUT2D eigenvalue weighted by Crippen LogP contribution is -2.41. The summed E-state index contributed by atoms with van der Waals surface area (Å²) in [6.07, 6.45) is 2.66. The number of hydrogen-bond donors (Lipinski definition) is 2. The zero-order chi connectivity index (χ0) is 5.82. The van der Waals surface area contributed by atoms with Gasteiger partial charge in [0.1, 0.15) is 0 Å². The molecule has 0 aliphatic carbocycles. The molecule has 46 valence electrons. The maximum absolute atomic E-state index is 3.32. The Bertz CT molecular complexity index is 61.4. The Kier molecular flexibility index (Phi) is 2.37. The third kappa shape index (κ3) is 1.49. The molecule has 1 aliphatic rings. The van der Waals surface area contributed by atoms with Crippen molar-refractivity contribution in [1.82, 2.24) is 10.5 Å². The van der Waals surface area contributed by atoms with Gasteiger partial charge in [-0.15, -0.1) is 0 Å². The van der Waals surface area contributed by atoms with Crippen LogP contribution < -0.4 is 10.5 Å². The molecule has 1 heterocycles. The van der Waals surface area contributed by atoms with Gasteiger partial charge in [0, 0.05) is 12.6 Å². The van der Waals surface area contributed by atoms with Crippen LogP contribution in [0.25, 0.3) is 0 Å². The fourth-order valence-electron chi connectivity index (χ4n) is 1.10. The van der Waals surface area contributed by atoms with Gasteiger partial charge >= 0.3 is 0 Å². The third-order valence-corrected chi connectivity index (χ3v) is 1.71. The molecular formula is C5H13BN2. The molecule has 0 spiro atoms. The number of nitrogens with one attached hydrogen (secondary N) is 2. The van der Waals surface area contributed by atoms with Crippen molar-refractivity contribution in [2.24, 2.45) is 0 Å². The maximum atomic E-state index is 3.32. The molecule has 8 heavy (non-hydrogen) atoms. The molecule has 0 saturated carbocycles. The highest BCUT2D eigenvalue weighted by Gasteiger charge is 2.08. The summed E-state index contributed by atoms with van der Waals surface area (Å²) >= 11 is 0. The average molecular weight is 112 g/mol. The monoisotopic (exact) mass is 112 g/mol. The van der Waals surface area contributed by atoms with Crippen LogP contribution in [-0.4, -0.2) is 27.1 Å². The lowest BCUT2D eigenvalue weighted by molar-refractivity contribution is 0.438. The quantitative estimate of drug-likeness (QED) is 0.419. The van der Waals surface area contributed by atoms with Crippen LogP contribution >= 0.6 is 0 Å². The average Bonchev–Trinajstić information content (AvgIpc) is 1.90. The summed E-state index contributed by atoms with van der Waals surface area (Å²) in [5.41, 5.74) is 0. The molecule has 2 N–H and O–H groups in total. The van der Waals surface area contributed by atoms with Gasteiger partial charge in [-0.25, -0.2) is 0 Å². The molecule has 1 rings (SSSR count). The molecule has 0 unspecified atom stereocenters. The van der Waals surface area contributed by atoms with Crippen LogP contribution in [0.4, 0.5) is 0 Å². The fraction of sp³-hybridized carbons (Fsp3) is 1.00. The maximum Gasteiger partial charge on any atom is 0.182 e. The second kappa shape index (κ2) is 3.10. The number of rotatable bonds is 1. The summed E-state index contributed by atoms with van der Waals surface area (Å²) in [5, 5.41) is 6.56. The molecule has 1 atom stereocenters.